The number of aromatic nitrogens is 4. The summed E-state index contributed by atoms with van der Waals surface area (Å²) in [5.74, 6) is -3.21. The summed E-state index contributed by atoms with van der Waals surface area (Å²) >= 11 is 0. The molecular formula is C28H24F3N5O4. The number of benzene rings is 3. The van der Waals surface area contributed by atoms with Gasteiger partial charge in [-0.15, -0.1) is 0 Å². The number of fused-ring (bicyclic) bond motifs is 2. The number of halogens is 3. The van der Waals surface area contributed by atoms with E-state index < -0.39 is 23.4 Å². The van der Waals surface area contributed by atoms with Gasteiger partial charge in [-0.3, -0.25) is 4.79 Å². The van der Waals surface area contributed by atoms with Crippen molar-refractivity contribution in [2.45, 2.75) is 13.3 Å². The van der Waals surface area contributed by atoms with Crippen LogP contribution in [-0.4, -0.2) is 51.2 Å². The summed E-state index contributed by atoms with van der Waals surface area (Å²) < 4.78 is 54.1. The zero-order valence-corrected chi connectivity index (χ0v) is 21.6. The van der Waals surface area contributed by atoms with Gasteiger partial charge in [-0.2, -0.15) is 0 Å². The fourth-order valence-electron chi connectivity index (χ4n) is 4.29. The molecule has 5 rings (SSSR count). The van der Waals surface area contributed by atoms with Crippen molar-refractivity contribution < 1.29 is 32.2 Å². The lowest BCUT2D eigenvalue weighted by molar-refractivity contribution is 0.0521. The Morgan fingerprint density at radius 1 is 1.05 bits per heavy atom. The van der Waals surface area contributed by atoms with E-state index in [1.54, 1.807) is 61.0 Å². The Labute approximate surface area is 225 Å². The number of nitrogens with one attached hydrogen (secondary N) is 2. The molecule has 0 fully saturated rings. The van der Waals surface area contributed by atoms with E-state index in [-0.39, 0.29) is 48.9 Å². The highest BCUT2D eigenvalue weighted by molar-refractivity contribution is 5.97. The van der Waals surface area contributed by atoms with Gasteiger partial charge < -0.3 is 24.3 Å². The lowest BCUT2D eigenvalue weighted by Crippen LogP contribution is -2.28. The van der Waals surface area contributed by atoms with E-state index in [0.717, 1.165) is 0 Å². The Morgan fingerprint density at radius 3 is 2.65 bits per heavy atom. The van der Waals surface area contributed by atoms with Crippen molar-refractivity contribution in [3.05, 3.63) is 88.8 Å². The molecule has 2 N–H and O–H groups in total. The van der Waals surface area contributed by atoms with E-state index in [1.165, 1.54) is 0 Å². The quantitative estimate of drug-likeness (QED) is 0.159. The molecule has 0 spiro atoms. The number of imidazole rings is 2. The second-order valence-corrected chi connectivity index (χ2v) is 8.85. The zero-order chi connectivity index (χ0) is 28.4. The summed E-state index contributed by atoms with van der Waals surface area (Å²) in [7, 11) is 1.74. The fraction of sp³-hybridized carbons (Fsp3) is 0.214. The van der Waals surface area contributed by atoms with E-state index in [1.807, 2.05) is 0 Å². The van der Waals surface area contributed by atoms with Crippen LogP contribution in [0.4, 0.5) is 13.2 Å². The van der Waals surface area contributed by atoms with Crippen molar-refractivity contribution in [2.75, 3.05) is 19.8 Å². The van der Waals surface area contributed by atoms with Crippen molar-refractivity contribution in [1.82, 2.24) is 24.8 Å². The number of carbonyl (C=O) groups excluding carboxylic acids is 2. The molecule has 12 heteroatoms. The van der Waals surface area contributed by atoms with E-state index in [0.29, 0.717) is 39.8 Å². The van der Waals surface area contributed by atoms with Crippen molar-refractivity contribution >= 4 is 33.9 Å². The van der Waals surface area contributed by atoms with Crippen molar-refractivity contribution in [1.29, 1.82) is 0 Å². The Kier molecular flexibility index (Phi) is 7.41. The van der Waals surface area contributed by atoms with Gasteiger partial charge in [0.1, 0.15) is 40.6 Å². The SMILES string of the molecule is CCOC(=O)c1ccccc1OCCNC(=O)c1ccc2nc(Cc3nc4c(F)cc(F)c(F)c4[nH]3)n(C)c2c1. The van der Waals surface area contributed by atoms with Crippen LogP contribution in [0.5, 0.6) is 5.75 Å². The van der Waals surface area contributed by atoms with Crippen molar-refractivity contribution in [3.8, 4) is 5.75 Å². The summed E-state index contributed by atoms with van der Waals surface area (Å²) in [6.07, 6.45) is 0.0898. The third-order valence-electron chi connectivity index (χ3n) is 6.25. The first-order valence-corrected chi connectivity index (χ1v) is 12.4. The molecule has 3 aromatic carbocycles. The minimum atomic E-state index is -1.30. The average molecular weight is 552 g/mol. The van der Waals surface area contributed by atoms with E-state index >= 15 is 0 Å². The highest BCUT2D eigenvalue weighted by atomic mass is 19.2. The van der Waals surface area contributed by atoms with Gasteiger partial charge in [0.25, 0.3) is 5.91 Å². The van der Waals surface area contributed by atoms with Crippen molar-refractivity contribution in [2.24, 2.45) is 7.05 Å². The topological polar surface area (TPSA) is 111 Å². The molecule has 40 heavy (non-hydrogen) atoms. The maximum absolute atomic E-state index is 14.1. The second-order valence-electron chi connectivity index (χ2n) is 8.85. The summed E-state index contributed by atoms with van der Waals surface area (Å²) in [6.45, 7) is 2.27. The van der Waals surface area contributed by atoms with E-state index in [4.69, 9.17) is 9.47 Å². The number of ether oxygens (including phenoxy) is 2. The first-order chi connectivity index (χ1) is 19.3. The van der Waals surface area contributed by atoms with Crippen LogP contribution in [0.25, 0.3) is 22.1 Å². The van der Waals surface area contributed by atoms with Gasteiger partial charge >= 0.3 is 5.97 Å². The number of aromatic amines is 1. The van der Waals surface area contributed by atoms with Gasteiger partial charge in [-0.25, -0.2) is 27.9 Å². The number of H-pyrrole nitrogens is 1. The molecule has 0 unspecified atom stereocenters. The second kappa shape index (κ2) is 11.1. The summed E-state index contributed by atoms with van der Waals surface area (Å²) in [5.41, 5.74) is 1.31. The number of amides is 1. The van der Waals surface area contributed by atoms with Gasteiger partial charge in [0.05, 0.1) is 30.6 Å². The largest absolute Gasteiger partial charge is 0.491 e. The molecule has 0 aliphatic rings. The van der Waals surface area contributed by atoms with Crippen LogP contribution < -0.4 is 10.1 Å². The van der Waals surface area contributed by atoms with E-state index in [2.05, 4.69) is 20.3 Å². The molecule has 1 amide bonds. The normalized spacial score (nSPS) is 11.2. The molecule has 0 aliphatic carbocycles. The lowest BCUT2D eigenvalue weighted by atomic mass is 10.2. The molecule has 2 heterocycles. The number of aryl methyl sites for hydroxylation is 1. The fourth-order valence-corrected chi connectivity index (χ4v) is 4.29. The van der Waals surface area contributed by atoms with Crippen LogP contribution in [0.3, 0.4) is 0 Å². The third-order valence-corrected chi connectivity index (χ3v) is 6.25. The molecule has 0 aliphatic heterocycles. The molecule has 9 nitrogen and oxygen atoms in total. The number of hydrogen-bond acceptors (Lipinski definition) is 6. The number of carbonyl (C=O) groups is 2. The minimum absolute atomic E-state index is 0.0898. The predicted molar refractivity (Wildman–Crippen MR) is 140 cm³/mol. The Morgan fingerprint density at radius 2 is 1.85 bits per heavy atom. The smallest absolute Gasteiger partial charge is 0.341 e. The molecule has 2 aromatic heterocycles. The van der Waals surface area contributed by atoms with Gasteiger partial charge in [-0.05, 0) is 37.3 Å². The average Bonchev–Trinajstić information content (AvgIpc) is 3.51. The molecule has 0 saturated carbocycles. The maximum atomic E-state index is 14.1. The van der Waals surface area contributed by atoms with E-state index in [9.17, 15) is 22.8 Å². The molecule has 0 radical (unpaired) electrons. The minimum Gasteiger partial charge on any atom is -0.491 e. The van der Waals surface area contributed by atoms with Gasteiger partial charge in [0.15, 0.2) is 17.5 Å². The first-order valence-electron chi connectivity index (χ1n) is 12.4. The summed E-state index contributed by atoms with van der Waals surface area (Å²) in [4.78, 5) is 36.1. The molecule has 206 valence electrons. The first kappa shape index (κ1) is 26.7. The summed E-state index contributed by atoms with van der Waals surface area (Å²) in [5, 5.41) is 2.78. The Bertz CT molecular complexity index is 1750. The zero-order valence-electron chi connectivity index (χ0n) is 21.6. The lowest BCUT2D eigenvalue weighted by Gasteiger charge is -2.11. The molecule has 0 bridgehead atoms. The summed E-state index contributed by atoms with van der Waals surface area (Å²) in [6, 6.07) is 12.1. The maximum Gasteiger partial charge on any atom is 0.341 e. The highest BCUT2D eigenvalue weighted by Gasteiger charge is 2.19. The molecular weight excluding hydrogens is 527 g/mol. The molecule has 0 saturated heterocycles. The predicted octanol–water partition coefficient (Wildman–Crippen LogP) is 4.44. The number of para-hydroxylation sites is 1. The molecule has 0 atom stereocenters. The van der Waals surface area contributed by atoms with Gasteiger partial charge in [0, 0.05) is 18.7 Å². The van der Waals surface area contributed by atoms with Crippen LogP contribution >= 0.6 is 0 Å². The number of hydrogen-bond donors (Lipinski definition) is 2. The highest BCUT2D eigenvalue weighted by Crippen LogP contribution is 2.24. The Balaban J connectivity index is 1.25. The van der Waals surface area contributed by atoms with Crippen LogP contribution in [0, 0.1) is 17.5 Å². The monoisotopic (exact) mass is 551 g/mol. The standard InChI is InChI=1S/C28H24F3N5O4/c1-3-39-28(38)16-6-4-5-7-21(16)40-11-10-32-27(37)15-8-9-19-20(12-15)36(2)23(33-19)14-22-34-25-18(30)13-17(29)24(31)26(25)35-22/h4-9,12-13H,3,10-11,14H2,1-2H3,(H,32,37)(H,34,35). The van der Waals surface area contributed by atoms with Crippen LogP contribution in [0.15, 0.2) is 48.5 Å². The number of rotatable bonds is 9. The van der Waals surface area contributed by atoms with Crippen molar-refractivity contribution in [3.63, 3.8) is 0 Å². The third kappa shape index (κ3) is 5.20. The number of esters is 1. The van der Waals surface area contributed by atoms with Gasteiger partial charge in [0.2, 0.25) is 0 Å². The van der Waals surface area contributed by atoms with Crippen LogP contribution in [-0.2, 0) is 18.2 Å². The molecule has 5 aromatic rings. The van der Waals surface area contributed by atoms with Crippen LogP contribution in [0.1, 0.15) is 39.3 Å². The van der Waals surface area contributed by atoms with Gasteiger partial charge in [-0.1, -0.05) is 12.1 Å². The van der Waals surface area contributed by atoms with Crippen LogP contribution in [0.2, 0.25) is 0 Å². The number of nitrogens with zero attached hydrogens (tertiary/aromatic N) is 3. The Hall–Kier alpha value is -4.87.